The Hall–Kier alpha value is -0.440. The first kappa shape index (κ1) is 14.6. The highest BCUT2D eigenvalue weighted by atomic mass is 127. The van der Waals surface area contributed by atoms with Gasteiger partial charge in [0.05, 0.1) is 6.10 Å². The van der Waals surface area contributed by atoms with E-state index in [1.165, 1.54) is 12.1 Å². The zero-order valence-electron chi connectivity index (χ0n) is 8.31. The summed E-state index contributed by atoms with van der Waals surface area (Å²) in [4.78, 5) is 0. The summed E-state index contributed by atoms with van der Waals surface area (Å²) in [7, 11) is 0. The minimum Gasteiger partial charge on any atom is -0.388 e. The summed E-state index contributed by atoms with van der Waals surface area (Å²) >= 11 is 1.68. The van der Waals surface area contributed by atoms with Crippen molar-refractivity contribution in [1.82, 2.24) is 0 Å². The van der Waals surface area contributed by atoms with Gasteiger partial charge in [0.25, 0.3) is 0 Å². The second kappa shape index (κ2) is 5.47. The fourth-order valence-corrected chi connectivity index (χ4v) is 1.52. The van der Waals surface area contributed by atoms with Crippen molar-refractivity contribution >= 4 is 22.6 Å². The summed E-state index contributed by atoms with van der Waals surface area (Å²) in [5, 5.41) is 9.34. The average Bonchev–Trinajstić information content (AvgIpc) is 2.21. The van der Waals surface area contributed by atoms with Gasteiger partial charge in [0.1, 0.15) is 5.82 Å². The number of benzene rings is 1. The van der Waals surface area contributed by atoms with Crippen LogP contribution < -0.4 is 0 Å². The van der Waals surface area contributed by atoms with Gasteiger partial charge in [-0.1, -0.05) is 6.07 Å². The molecule has 0 saturated carbocycles. The highest BCUT2D eigenvalue weighted by Crippen LogP contribution is 2.33. The molecule has 0 aromatic heterocycles. The van der Waals surface area contributed by atoms with E-state index in [1.54, 1.807) is 22.6 Å². The predicted octanol–water partition coefficient (Wildman–Crippen LogP) is 3.75. The van der Waals surface area contributed by atoms with E-state index in [0.717, 1.165) is 6.07 Å². The molecular formula is C10H8F5IO. The molecule has 0 heterocycles. The van der Waals surface area contributed by atoms with E-state index in [-0.39, 0.29) is 9.13 Å². The normalized spacial score (nSPS) is 14.1. The van der Waals surface area contributed by atoms with Crippen LogP contribution in [0.25, 0.3) is 0 Å². The third-order valence-electron chi connectivity index (χ3n) is 2.11. The minimum absolute atomic E-state index is 0.150. The third kappa shape index (κ3) is 3.77. The van der Waals surface area contributed by atoms with Gasteiger partial charge in [-0.2, -0.15) is 0 Å². The monoisotopic (exact) mass is 366 g/mol. The maximum atomic E-state index is 13.1. The van der Waals surface area contributed by atoms with Gasteiger partial charge < -0.3 is 5.11 Å². The molecule has 1 rings (SSSR count). The van der Waals surface area contributed by atoms with Crippen LogP contribution in [-0.2, 0) is 0 Å². The summed E-state index contributed by atoms with van der Waals surface area (Å²) in [5.41, 5.74) is -0.150. The molecule has 7 heteroatoms. The van der Waals surface area contributed by atoms with Crippen LogP contribution >= 0.6 is 22.6 Å². The van der Waals surface area contributed by atoms with E-state index in [2.05, 4.69) is 0 Å². The van der Waals surface area contributed by atoms with Crippen LogP contribution in [0.3, 0.4) is 0 Å². The third-order valence-corrected chi connectivity index (χ3v) is 2.99. The van der Waals surface area contributed by atoms with Crippen molar-refractivity contribution in [3.05, 3.63) is 33.1 Å². The number of hydrogen-bond donors (Lipinski definition) is 1. The van der Waals surface area contributed by atoms with Crippen molar-refractivity contribution in [1.29, 1.82) is 0 Å². The highest BCUT2D eigenvalue weighted by Gasteiger charge is 2.42. The molecule has 0 spiro atoms. The summed E-state index contributed by atoms with van der Waals surface area (Å²) < 4.78 is 62.4. The first-order chi connectivity index (χ1) is 7.74. The van der Waals surface area contributed by atoms with E-state index in [9.17, 15) is 27.1 Å². The van der Waals surface area contributed by atoms with Gasteiger partial charge in [0, 0.05) is 9.99 Å². The lowest BCUT2D eigenvalue weighted by Crippen LogP contribution is -2.28. The Morgan fingerprint density at radius 2 is 1.88 bits per heavy atom. The van der Waals surface area contributed by atoms with E-state index in [0.29, 0.717) is 0 Å². The molecule has 1 N–H and O–H groups in total. The Labute approximate surface area is 108 Å². The van der Waals surface area contributed by atoms with Crippen molar-refractivity contribution < 1.29 is 27.1 Å². The molecule has 96 valence electrons. The minimum atomic E-state index is -4.29. The molecular weight excluding hydrogens is 358 g/mol. The lowest BCUT2D eigenvalue weighted by molar-refractivity contribution is -0.149. The number of alkyl halides is 4. The molecule has 0 fully saturated rings. The van der Waals surface area contributed by atoms with Crippen LogP contribution in [0.15, 0.2) is 18.2 Å². The van der Waals surface area contributed by atoms with Gasteiger partial charge in [0.2, 0.25) is 0 Å². The summed E-state index contributed by atoms with van der Waals surface area (Å²) in [6.45, 7) is 0. The van der Waals surface area contributed by atoms with Crippen LogP contribution in [0.4, 0.5) is 22.0 Å². The zero-order chi connectivity index (χ0) is 13.2. The predicted molar refractivity (Wildman–Crippen MR) is 59.6 cm³/mol. The second-order valence-electron chi connectivity index (χ2n) is 3.46. The fraction of sp³-hybridized carbons (Fsp3) is 0.400. The Morgan fingerprint density at radius 3 is 2.35 bits per heavy atom. The molecule has 1 unspecified atom stereocenters. The maximum absolute atomic E-state index is 13.1. The molecule has 1 nitrogen and oxygen atoms in total. The van der Waals surface area contributed by atoms with Gasteiger partial charge in [-0.15, -0.1) is 0 Å². The Bertz CT molecular complexity index is 396. The quantitative estimate of drug-likeness (QED) is 0.636. The number of aliphatic hydroxyl groups is 1. The smallest absolute Gasteiger partial charge is 0.310 e. The molecule has 0 bridgehead atoms. The topological polar surface area (TPSA) is 20.2 Å². The second-order valence-corrected chi connectivity index (χ2v) is 4.62. The highest BCUT2D eigenvalue weighted by molar-refractivity contribution is 14.1. The Morgan fingerprint density at radius 1 is 1.29 bits per heavy atom. The van der Waals surface area contributed by atoms with Crippen molar-refractivity contribution in [3.63, 3.8) is 0 Å². The van der Waals surface area contributed by atoms with Crippen molar-refractivity contribution in [2.45, 2.75) is 24.9 Å². The van der Waals surface area contributed by atoms with Crippen molar-refractivity contribution in [2.75, 3.05) is 0 Å². The molecule has 1 aromatic carbocycles. The lowest BCUT2D eigenvalue weighted by atomic mass is 10.0. The van der Waals surface area contributed by atoms with Crippen LogP contribution in [0.2, 0.25) is 0 Å². The van der Waals surface area contributed by atoms with E-state index in [1.807, 2.05) is 0 Å². The first-order valence-electron chi connectivity index (χ1n) is 4.53. The molecule has 0 radical (unpaired) electrons. The van der Waals surface area contributed by atoms with Gasteiger partial charge in [0.15, 0.2) is 0 Å². The van der Waals surface area contributed by atoms with Crippen LogP contribution in [0.1, 0.15) is 18.1 Å². The SMILES string of the molecule is OC(CC(F)(F)C(F)F)c1ccc(I)c(F)c1. The number of halogens is 6. The molecule has 1 atom stereocenters. The van der Waals surface area contributed by atoms with E-state index < -0.39 is 30.7 Å². The Balaban J connectivity index is 2.83. The van der Waals surface area contributed by atoms with Gasteiger partial charge in [-0.05, 0) is 40.3 Å². The number of hydrogen-bond acceptors (Lipinski definition) is 1. The molecule has 0 aliphatic carbocycles. The summed E-state index contributed by atoms with van der Waals surface area (Å²) in [6, 6.07) is 3.35. The molecule has 0 aliphatic rings. The fourth-order valence-electron chi connectivity index (χ4n) is 1.18. The van der Waals surface area contributed by atoms with E-state index >= 15 is 0 Å². The Kier molecular flexibility index (Phi) is 4.70. The van der Waals surface area contributed by atoms with Gasteiger partial charge in [-0.3, -0.25) is 0 Å². The molecule has 1 aromatic rings. The van der Waals surface area contributed by atoms with Crippen LogP contribution in [0, 0.1) is 9.39 Å². The standard InChI is InChI=1S/C10H8F5IO/c11-6-3-5(1-2-7(6)16)8(17)4-10(14,15)9(12)13/h1-3,8-9,17H,4H2. The van der Waals surface area contributed by atoms with Crippen molar-refractivity contribution in [3.8, 4) is 0 Å². The first-order valence-corrected chi connectivity index (χ1v) is 5.61. The largest absolute Gasteiger partial charge is 0.388 e. The molecule has 0 amide bonds. The zero-order valence-corrected chi connectivity index (χ0v) is 10.5. The number of rotatable bonds is 4. The lowest BCUT2D eigenvalue weighted by Gasteiger charge is -2.19. The molecule has 17 heavy (non-hydrogen) atoms. The number of aliphatic hydroxyl groups excluding tert-OH is 1. The van der Waals surface area contributed by atoms with E-state index in [4.69, 9.17) is 0 Å². The summed E-state index contributed by atoms with van der Waals surface area (Å²) in [6.07, 6.45) is -7.12. The van der Waals surface area contributed by atoms with Crippen LogP contribution in [-0.4, -0.2) is 17.5 Å². The molecule has 0 saturated heterocycles. The van der Waals surface area contributed by atoms with Crippen LogP contribution in [0.5, 0.6) is 0 Å². The maximum Gasteiger partial charge on any atom is 0.310 e. The van der Waals surface area contributed by atoms with Gasteiger partial charge in [-0.25, -0.2) is 22.0 Å². The molecule has 0 aliphatic heterocycles. The van der Waals surface area contributed by atoms with Gasteiger partial charge >= 0.3 is 12.3 Å². The van der Waals surface area contributed by atoms with Crippen molar-refractivity contribution in [2.24, 2.45) is 0 Å². The average molecular weight is 366 g/mol. The summed E-state index contributed by atoms with van der Waals surface area (Å²) in [5.74, 6) is -4.98.